The van der Waals surface area contributed by atoms with Gasteiger partial charge in [-0.05, 0) is 111 Å². The van der Waals surface area contributed by atoms with Gasteiger partial charge in [-0.3, -0.25) is 9.48 Å². The summed E-state index contributed by atoms with van der Waals surface area (Å²) < 4.78 is 7.33. The van der Waals surface area contributed by atoms with Gasteiger partial charge in [0.25, 0.3) is 0 Å². The van der Waals surface area contributed by atoms with Crippen LogP contribution in [0.3, 0.4) is 0 Å². The van der Waals surface area contributed by atoms with Crippen molar-refractivity contribution in [1.29, 1.82) is 0 Å². The van der Waals surface area contributed by atoms with E-state index in [4.69, 9.17) is 16.3 Å². The molecule has 0 unspecified atom stereocenters. The van der Waals surface area contributed by atoms with Crippen LogP contribution >= 0.6 is 11.6 Å². The van der Waals surface area contributed by atoms with Crippen LogP contribution < -0.4 is 15.4 Å². The molecule has 1 atom stereocenters. The number of carbonyl (C=O) groups is 1. The average molecular weight is 633 g/mol. The van der Waals surface area contributed by atoms with Crippen molar-refractivity contribution in [2.45, 2.75) is 102 Å². The normalized spacial score (nSPS) is 22.9. The molecule has 8 nitrogen and oxygen atoms in total. The summed E-state index contributed by atoms with van der Waals surface area (Å²) in [5.74, 6) is 1.80. The number of piperidine rings is 1. The first-order valence-corrected chi connectivity index (χ1v) is 17.4. The third kappa shape index (κ3) is 8.20. The second kappa shape index (κ2) is 15.0. The first kappa shape index (κ1) is 31.9. The molecule has 3 fully saturated rings. The van der Waals surface area contributed by atoms with E-state index in [-0.39, 0.29) is 17.4 Å². The van der Waals surface area contributed by atoms with Crippen molar-refractivity contribution in [1.82, 2.24) is 25.0 Å². The number of nitrogens with one attached hydrogen (secondary N) is 2. The van der Waals surface area contributed by atoms with E-state index < -0.39 is 0 Å². The summed E-state index contributed by atoms with van der Waals surface area (Å²) in [6.45, 7) is 2.52. The number of anilines is 1. The molecular weight excluding hydrogens is 584 g/mol. The van der Waals surface area contributed by atoms with Crippen molar-refractivity contribution in [3.05, 3.63) is 71.8 Å². The van der Waals surface area contributed by atoms with Crippen molar-refractivity contribution >= 4 is 23.2 Å². The van der Waals surface area contributed by atoms with E-state index in [1.165, 1.54) is 32.1 Å². The maximum atomic E-state index is 14.3. The number of nitrogens with zero attached hydrogens (tertiary/aromatic N) is 4. The van der Waals surface area contributed by atoms with Gasteiger partial charge in [-0.1, -0.05) is 43.0 Å². The summed E-state index contributed by atoms with van der Waals surface area (Å²) in [4.78, 5) is 20.7. The van der Waals surface area contributed by atoms with E-state index in [2.05, 4.69) is 49.9 Å². The number of benzene rings is 2. The summed E-state index contributed by atoms with van der Waals surface area (Å²) in [6, 6.07) is 16.6. The summed E-state index contributed by atoms with van der Waals surface area (Å²) in [7, 11) is 1.69. The van der Waals surface area contributed by atoms with Crippen molar-refractivity contribution in [2.75, 3.05) is 25.5 Å². The van der Waals surface area contributed by atoms with Crippen molar-refractivity contribution < 1.29 is 9.53 Å². The molecule has 242 valence electrons. The fourth-order valence-electron chi connectivity index (χ4n) is 8.13. The molecule has 6 rings (SSSR count). The summed E-state index contributed by atoms with van der Waals surface area (Å²) in [5.41, 5.74) is 2.44. The Kier molecular flexibility index (Phi) is 10.6. The van der Waals surface area contributed by atoms with Gasteiger partial charge in [0.2, 0.25) is 5.91 Å². The van der Waals surface area contributed by atoms with Gasteiger partial charge in [0.05, 0.1) is 13.2 Å². The predicted molar refractivity (Wildman–Crippen MR) is 180 cm³/mol. The summed E-state index contributed by atoms with van der Waals surface area (Å²) in [5, 5.41) is 12.7. The Hall–Kier alpha value is -3.10. The van der Waals surface area contributed by atoms with Gasteiger partial charge in [0.1, 0.15) is 18.4 Å². The van der Waals surface area contributed by atoms with Crippen LogP contribution in [0.5, 0.6) is 5.75 Å². The van der Waals surface area contributed by atoms with E-state index in [0.717, 1.165) is 80.2 Å². The maximum absolute atomic E-state index is 14.3. The second-order valence-electron chi connectivity index (χ2n) is 13.6. The van der Waals surface area contributed by atoms with E-state index >= 15 is 0 Å². The van der Waals surface area contributed by atoms with Crippen LogP contribution in [0.15, 0.2) is 61.2 Å². The number of carbonyl (C=O) groups excluding carboxylic acids is 1. The molecular formula is C36H49ClN6O2. The molecule has 1 aliphatic heterocycles. The number of likely N-dealkylation sites (tertiary alicyclic amines) is 1. The maximum Gasteiger partial charge on any atom is 0.240 e. The molecule has 2 saturated carbocycles. The smallest absolute Gasteiger partial charge is 0.240 e. The Morgan fingerprint density at radius 2 is 1.64 bits per heavy atom. The van der Waals surface area contributed by atoms with Gasteiger partial charge in [-0.25, -0.2) is 4.98 Å². The fourth-order valence-corrected chi connectivity index (χ4v) is 8.25. The minimum atomic E-state index is -0.250. The van der Waals surface area contributed by atoms with E-state index in [1.807, 2.05) is 35.3 Å². The molecule has 0 radical (unpaired) electrons. The molecule has 45 heavy (non-hydrogen) atoms. The van der Waals surface area contributed by atoms with E-state index in [1.54, 1.807) is 13.4 Å². The summed E-state index contributed by atoms with van der Waals surface area (Å²) in [6.07, 6.45) is 17.0. The number of hydrogen-bond acceptors (Lipinski definition) is 6. The number of rotatable bonds is 11. The van der Waals surface area contributed by atoms with Gasteiger partial charge >= 0.3 is 0 Å². The lowest BCUT2D eigenvalue weighted by molar-refractivity contribution is -0.137. The number of amides is 1. The molecule has 2 aliphatic carbocycles. The molecule has 2 N–H and O–H groups in total. The molecule has 1 saturated heterocycles. The van der Waals surface area contributed by atoms with E-state index in [9.17, 15) is 4.79 Å². The third-order valence-corrected chi connectivity index (χ3v) is 11.0. The Morgan fingerprint density at radius 3 is 2.29 bits per heavy atom. The standard InChI is InChI=1S/C36H49ClN6O2/c1-45-33-17-15-31(16-18-33)40-30-11-13-32(14-12-30)41-34(23-27-7-9-29(37)10-8-27)35(44)42-21-19-36(20-22-42,24-43-26-38-25-39-43)28-5-3-2-4-6-28/h7-10,15-18,25-26,28,30,32,34,40-41H,2-6,11-14,19-24H2,1H3/t30-,32-,34-/m1/s1. The fraction of sp³-hybridized carbons (Fsp3) is 0.583. The Bertz CT molecular complexity index is 1330. The molecule has 1 amide bonds. The van der Waals surface area contributed by atoms with Crippen LogP contribution in [-0.4, -0.2) is 63.9 Å². The lowest BCUT2D eigenvalue weighted by atomic mass is 9.63. The molecule has 1 aromatic heterocycles. The van der Waals surface area contributed by atoms with Crippen LogP contribution in [0, 0.1) is 11.3 Å². The quantitative estimate of drug-likeness (QED) is 0.243. The highest BCUT2D eigenvalue weighted by atomic mass is 35.5. The highest BCUT2D eigenvalue weighted by Gasteiger charge is 2.44. The van der Waals surface area contributed by atoms with Gasteiger partial charge < -0.3 is 20.3 Å². The minimum Gasteiger partial charge on any atom is -0.497 e. The van der Waals surface area contributed by atoms with Crippen LogP contribution in [0.1, 0.15) is 76.2 Å². The van der Waals surface area contributed by atoms with E-state index in [0.29, 0.717) is 24.4 Å². The summed E-state index contributed by atoms with van der Waals surface area (Å²) >= 11 is 6.20. The number of aromatic nitrogens is 3. The first-order valence-electron chi connectivity index (χ1n) is 17.0. The SMILES string of the molecule is COc1ccc(N[C@H]2CC[C@H](N[C@H](Cc3ccc(Cl)cc3)C(=O)N3CCC(Cn4cncn4)(C4CCCCC4)CC3)CC2)cc1. The predicted octanol–water partition coefficient (Wildman–Crippen LogP) is 6.75. The van der Waals surface area contributed by atoms with Gasteiger partial charge in [-0.2, -0.15) is 5.10 Å². The van der Waals surface area contributed by atoms with Crippen LogP contribution in [0.4, 0.5) is 5.69 Å². The zero-order valence-corrected chi connectivity index (χ0v) is 27.4. The largest absolute Gasteiger partial charge is 0.497 e. The topological polar surface area (TPSA) is 84.3 Å². The molecule has 3 aromatic rings. The lowest BCUT2D eigenvalue weighted by Crippen LogP contribution is -2.55. The third-order valence-electron chi connectivity index (χ3n) is 10.8. The Labute approximate surface area is 273 Å². The molecule has 0 bridgehead atoms. The van der Waals surface area contributed by atoms with Crippen LogP contribution in [0.2, 0.25) is 5.02 Å². The van der Waals surface area contributed by atoms with Crippen molar-refractivity contribution in [3.8, 4) is 5.75 Å². The molecule has 2 heterocycles. The first-order chi connectivity index (χ1) is 22.0. The molecule has 3 aliphatic rings. The second-order valence-corrected chi connectivity index (χ2v) is 14.0. The molecule has 9 heteroatoms. The van der Waals surface area contributed by atoms with Gasteiger partial charge in [0.15, 0.2) is 0 Å². The highest BCUT2D eigenvalue weighted by molar-refractivity contribution is 6.30. The number of hydrogen-bond donors (Lipinski definition) is 2. The molecule has 0 spiro atoms. The Balaban J connectivity index is 1.10. The van der Waals surface area contributed by atoms with Gasteiger partial charge in [0, 0.05) is 42.4 Å². The zero-order chi connectivity index (χ0) is 31.1. The number of halogens is 1. The Morgan fingerprint density at radius 1 is 0.956 bits per heavy atom. The van der Waals surface area contributed by atoms with Gasteiger partial charge in [-0.15, -0.1) is 0 Å². The number of ether oxygens (including phenoxy) is 1. The zero-order valence-electron chi connectivity index (χ0n) is 26.7. The minimum absolute atomic E-state index is 0.180. The van der Waals surface area contributed by atoms with Crippen LogP contribution in [-0.2, 0) is 17.8 Å². The van der Waals surface area contributed by atoms with Crippen molar-refractivity contribution in [3.63, 3.8) is 0 Å². The molecule has 2 aromatic carbocycles. The monoisotopic (exact) mass is 632 g/mol. The number of methoxy groups -OCH3 is 1. The average Bonchev–Trinajstić information content (AvgIpc) is 3.60. The van der Waals surface area contributed by atoms with Crippen molar-refractivity contribution in [2.24, 2.45) is 11.3 Å². The highest BCUT2D eigenvalue weighted by Crippen LogP contribution is 2.47. The lowest BCUT2D eigenvalue weighted by Gasteiger charge is -2.48. The van der Waals surface area contributed by atoms with Crippen LogP contribution in [0.25, 0.3) is 0 Å².